The van der Waals surface area contributed by atoms with Crippen LogP contribution < -0.4 is 5.32 Å². The molecule has 0 radical (unpaired) electrons. The Morgan fingerprint density at radius 3 is 2.48 bits per heavy atom. The number of aromatic carboxylic acids is 1. The average Bonchev–Trinajstić information content (AvgIpc) is 2.58. The lowest BCUT2D eigenvalue weighted by molar-refractivity contribution is -0.137. The lowest BCUT2D eigenvalue weighted by Crippen LogP contribution is -2.24. The van der Waals surface area contributed by atoms with Crippen LogP contribution in [0.5, 0.6) is 0 Å². The van der Waals surface area contributed by atoms with Crippen LogP contribution in [0.25, 0.3) is 0 Å². The Bertz CT molecular complexity index is 774. The summed E-state index contributed by atoms with van der Waals surface area (Å²) >= 11 is 0. The van der Waals surface area contributed by atoms with Gasteiger partial charge in [0, 0.05) is 6.54 Å². The molecule has 0 fully saturated rings. The summed E-state index contributed by atoms with van der Waals surface area (Å²) in [6.07, 6.45) is -5.34. The summed E-state index contributed by atoms with van der Waals surface area (Å²) in [7, 11) is 0. The van der Waals surface area contributed by atoms with E-state index < -0.39 is 23.8 Å². The Hall–Kier alpha value is -3.03. The van der Waals surface area contributed by atoms with Crippen LogP contribution in [0.3, 0.4) is 0 Å². The van der Waals surface area contributed by atoms with Crippen molar-refractivity contribution >= 4 is 12.1 Å². The van der Waals surface area contributed by atoms with E-state index in [1.165, 1.54) is 24.3 Å². The standard InChI is InChI=1S/C17H14F3NO4/c18-17(19,20)13-6-3-4-11(8-13)10-25-16(24)21-9-12-5-1-2-7-14(12)15(22)23/h1-8H,9-10H2,(H,21,24)(H,22,23). The number of rotatable bonds is 5. The Balaban J connectivity index is 1.91. The highest BCUT2D eigenvalue weighted by molar-refractivity contribution is 5.89. The first-order valence-electron chi connectivity index (χ1n) is 7.15. The van der Waals surface area contributed by atoms with E-state index in [-0.39, 0.29) is 24.3 Å². The van der Waals surface area contributed by atoms with Gasteiger partial charge in [0.25, 0.3) is 0 Å². The molecule has 8 heteroatoms. The summed E-state index contributed by atoms with van der Waals surface area (Å²) in [6.45, 7) is -0.416. The highest BCUT2D eigenvalue weighted by atomic mass is 19.4. The molecule has 0 aliphatic carbocycles. The maximum absolute atomic E-state index is 12.6. The number of carboxylic acid groups (broad SMARTS) is 1. The quantitative estimate of drug-likeness (QED) is 0.857. The van der Waals surface area contributed by atoms with E-state index in [0.29, 0.717) is 5.56 Å². The molecule has 25 heavy (non-hydrogen) atoms. The summed E-state index contributed by atoms with van der Waals surface area (Å²) in [4.78, 5) is 22.7. The van der Waals surface area contributed by atoms with Gasteiger partial charge in [-0.05, 0) is 29.3 Å². The third kappa shape index (κ3) is 5.23. The molecule has 0 spiro atoms. The summed E-state index contributed by atoms with van der Waals surface area (Å²) in [6, 6.07) is 10.6. The van der Waals surface area contributed by atoms with Gasteiger partial charge in [-0.3, -0.25) is 0 Å². The first kappa shape index (κ1) is 18.3. The number of hydrogen-bond donors (Lipinski definition) is 2. The maximum Gasteiger partial charge on any atom is 0.416 e. The molecule has 0 aliphatic heterocycles. The second-order valence-electron chi connectivity index (χ2n) is 5.09. The van der Waals surface area contributed by atoms with Crippen LogP contribution >= 0.6 is 0 Å². The predicted molar refractivity (Wildman–Crippen MR) is 81.9 cm³/mol. The van der Waals surface area contributed by atoms with Crippen molar-refractivity contribution in [3.8, 4) is 0 Å². The lowest BCUT2D eigenvalue weighted by atomic mass is 10.1. The topological polar surface area (TPSA) is 75.6 Å². The van der Waals surface area contributed by atoms with E-state index in [2.05, 4.69) is 5.32 Å². The van der Waals surface area contributed by atoms with Crippen LogP contribution in [-0.2, 0) is 24.1 Å². The molecule has 2 rings (SSSR count). The molecular weight excluding hydrogens is 339 g/mol. The molecule has 1 amide bonds. The minimum Gasteiger partial charge on any atom is -0.478 e. The number of alkyl halides is 3. The highest BCUT2D eigenvalue weighted by Crippen LogP contribution is 2.29. The zero-order chi connectivity index (χ0) is 18.4. The number of hydrogen-bond acceptors (Lipinski definition) is 3. The van der Waals surface area contributed by atoms with Gasteiger partial charge in [-0.1, -0.05) is 30.3 Å². The van der Waals surface area contributed by atoms with E-state index in [1.54, 1.807) is 12.1 Å². The second kappa shape index (κ2) is 7.69. The smallest absolute Gasteiger partial charge is 0.416 e. The molecule has 0 aromatic heterocycles. The molecule has 132 valence electrons. The number of amides is 1. The third-order valence-corrected chi connectivity index (χ3v) is 3.30. The van der Waals surface area contributed by atoms with Gasteiger partial charge < -0.3 is 15.2 Å². The van der Waals surface area contributed by atoms with Crippen molar-refractivity contribution < 1.29 is 32.6 Å². The molecule has 0 atom stereocenters. The fourth-order valence-electron chi connectivity index (χ4n) is 2.09. The number of benzene rings is 2. The number of carboxylic acids is 1. The largest absolute Gasteiger partial charge is 0.478 e. The van der Waals surface area contributed by atoms with Crippen molar-refractivity contribution in [2.75, 3.05) is 0 Å². The van der Waals surface area contributed by atoms with Gasteiger partial charge in [0.1, 0.15) is 6.61 Å². The van der Waals surface area contributed by atoms with E-state index in [0.717, 1.165) is 12.1 Å². The van der Waals surface area contributed by atoms with Gasteiger partial charge in [0.05, 0.1) is 11.1 Å². The highest BCUT2D eigenvalue weighted by Gasteiger charge is 2.30. The molecule has 0 heterocycles. The van der Waals surface area contributed by atoms with Crippen molar-refractivity contribution in [1.82, 2.24) is 5.32 Å². The Kier molecular flexibility index (Phi) is 5.63. The fourth-order valence-corrected chi connectivity index (χ4v) is 2.09. The minimum atomic E-state index is -4.47. The molecule has 0 bridgehead atoms. The van der Waals surface area contributed by atoms with Crippen molar-refractivity contribution in [1.29, 1.82) is 0 Å². The van der Waals surface area contributed by atoms with Crippen molar-refractivity contribution in [2.45, 2.75) is 19.3 Å². The van der Waals surface area contributed by atoms with Crippen LogP contribution in [0.4, 0.5) is 18.0 Å². The average molecular weight is 353 g/mol. The zero-order valence-electron chi connectivity index (χ0n) is 12.8. The molecule has 2 aromatic carbocycles. The Morgan fingerprint density at radius 2 is 1.80 bits per heavy atom. The minimum absolute atomic E-state index is 0.0423. The molecule has 0 saturated heterocycles. The van der Waals surface area contributed by atoms with E-state index in [4.69, 9.17) is 9.84 Å². The maximum atomic E-state index is 12.6. The monoisotopic (exact) mass is 353 g/mol. The van der Waals surface area contributed by atoms with Gasteiger partial charge in [-0.2, -0.15) is 13.2 Å². The summed E-state index contributed by atoms with van der Waals surface area (Å²) in [5.74, 6) is -1.13. The third-order valence-electron chi connectivity index (χ3n) is 3.30. The van der Waals surface area contributed by atoms with E-state index in [9.17, 15) is 22.8 Å². The molecule has 0 unspecified atom stereocenters. The van der Waals surface area contributed by atoms with E-state index in [1.807, 2.05) is 0 Å². The van der Waals surface area contributed by atoms with Gasteiger partial charge in [0.2, 0.25) is 0 Å². The summed E-state index contributed by atoms with van der Waals surface area (Å²) in [5.41, 5.74) is -0.216. The van der Waals surface area contributed by atoms with Gasteiger partial charge in [-0.25, -0.2) is 9.59 Å². The number of nitrogens with one attached hydrogen (secondary N) is 1. The fraction of sp³-hybridized carbons (Fsp3) is 0.176. The lowest BCUT2D eigenvalue weighted by Gasteiger charge is -2.10. The molecular formula is C17H14F3NO4. The zero-order valence-corrected chi connectivity index (χ0v) is 12.8. The Labute approximate surface area is 141 Å². The van der Waals surface area contributed by atoms with Crippen LogP contribution in [0, 0.1) is 0 Å². The van der Waals surface area contributed by atoms with Crippen LogP contribution in [0.2, 0.25) is 0 Å². The van der Waals surface area contributed by atoms with Crippen molar-refractivity contribution in [3.05, 3.63) is 70.8 Å². The van der Waals surface area contributed by atoms with Crippen molar-refractivity contribution in [3.63, 3.8) is 0 Å². The number of alkyl carbamates (subject to hydrolysis) is 1. The number of halogens is 3. The predicted octanol–water partition coefficient (Wildman–Crippen LogP) is 3.83. The molecule has 0 aliphatic rings. The van der Waals surface area contributed by atoms with Gasteiger partial charge in [0.15, 0.2) is 0 Å². The van der Waals surface area contributed by atoms with Crippen molar-refractivity contribution in [2.24, 2.45) is 0 Å². The van der Waals surface area contributed by atoms with Gasteiger partial charge >= 0.3 is 18.2 Å². The van der Waals surface area contributed by atoms with Crippen LogP contribution in [0.1, 0.15) is 27.0 Å². The molecule has 0 saturated carbocycles. The number of carbonyl (C=O) groups is 2. The van der Waals surface area contributed by atoms with Crippen LogP contribution in [-0.4, -0.2) is 17.2 Å². The van der Waals surface area contributed by atoms with Gasteiger partial charge in [-0.15, -0.1) is 0 Å². The normalized spacial score (nSPS) is 11.0. The van der Waals surface area contributed by atoms with Crippen LogP contribution in [0.15, 0.2) is 48.5 Å². The molecule has 2 aromatic rings. The summed E-state index contributed by atoms with van der Waals surface area (Å²) in [5, 5.41) is 11.4. The number of ether oxygens (including phenoxy) is 1. The SMILES string of the molecule is O=C(NCc1ccccc1C(=O)O)OCc1cccc(C(F)(F)F)c1. The first-order chi connectivity index (χ1) is 11.8. The Morgan fingerprint density at radius 1 is 1.08 bits per heavy atom. The first-order valence-corrected chi connectivity index (χ1v) is 7.15. The second-order valence-corrected chi connectivity index (χ2v) is 5.09. The molecule has 2 N–H and O–H groups in total. The summed E-state index contributed by atoms with van der Waals surface area (Å²) < 4.78 is 42.7. The molecule has 5 nitrogen and oxygen atoms in total. The van der Waals surface area contributed by atoms with E-state index >= 15 is 0 Å². The number of carbonyl (C=O) groups excluding carboxylic acids is 1.